The van der Waals surface area contributed by atoms with E-state index in [1.165, 1.54) is 0 Å². The Hall–Kier alpha value is -1.61. The number of halogens is 3. The third kappa shape index (κ3) is 7.18. The maximum absolute atomic E-state index is 6.67. The lowest BCUT2D eigenvalue weighted by Crippen LogP contribution is -2.20. The molecule has 2 atom stereocenters. The van der Waals surface area contributed by atoms with Gasteiger partial charge in [0.1, 0.15) is 5.75 Å². The van der Waals surface area contributed by atoms with Crippen LogP contribution in [0.2, 0.25) is 15.1 Å². The smallest absolute Gasteiger partial charge is 0.156 e. The molecule has 0 amide bonds. The fraction of sp³-hybridized carbons (Fsp3) is 0.429. The van der Waals surface area contributed by atoms with Crippen LogP contribution in [0.25, 0.3) is 0 Å². The second-order valence-corrected chi connectivity index (χ2v) is 10.3. The second-order valence-electron chi connectivity index (χ2n) is 9.09. The van der Waals surface area contributed by atoms with Gasteiger partial charge in [-0.25, -0.2) is 0 Å². The molecular formula is C28H35Cl3O2. The van der Waals surface area contributed by atoms with Crippen LogP contribution in [0.4, 0.5) is 0 Å². The standard InChI is InChI=1S/C28H35Cl3O2/c1-8-10-12-19(4)32-26-18(3)14-21(15-23(26)29)28(6,7)22-16-24(30)27(25(31)17-22)33-20(5)13-11-9-2/h8-9,14-17,19-20H,1-2,10-13H2,3-7H3. The SMILES string of the molecule is C=CCCC(C)Oc1c(C)cc(C(C)(C)c2cc(Cl)c(OC(C)CCC=C)c(Cl)c2)cc1Cl. The van der Waals surface area contributed by atoms with E-state index >= 15 is 0 Å². The topological polar surface area (TPSA) is 18.5 Å². The van der Waals surface area contributed by atoms with E-state index in [1.54, 1.807) is 0 Å². The molecule has 5 heteroatoms. The van der Waals surface area contributed by atoms with Crippen molar-refractivity contribution < 1.29 is 9.47 Å². The summed E-state index contributed by atoms with van der Waals surface area (Å²) in [7, 11) is 0. The van der Waals surface area contributed by atoms with E-state index in [4.69, 9.17) is 44.3 Å². The Bertz CT molecular complexity index is 858. The molecule has 0 aromatic heterocycles. The van der Waals surface area contributed by atoms with Crippen molar-refractivity contribution >= 4 is 34.8 Å². The van der Waals surface area contributed by atoms with E-state index in [2.05, 4.69) is 33.1 Å². The van der Waals surface area contributed by atoms with E-state index in [1.807, 2.05) is 51.1 Å². The van der Waals surface area contributed by atoms with Crippen LogP contribution in [0, 0.1) is 6.92 Å². The van der Waals surface area contributed by atoms with Crippen LogP contribution >= 0.6 is 34.8 Å². The molecule has 2 unspecified atom stereocenters. The van der Waals surface area contributed by atoms with Gasteiger partial charge in [-0.2, -0.15) is 0 Å². The van der Waals surface area contributed by atoms with Crippen LogP contribution in [-0.4, -0.2) is 12.2 Å². The molecule has 0 saturated heterocycles. The van der Waals surface area contributed by atoms with Crippen LogP contribution in [-0.2, 0) is 5.41 Å². The van der Waals surface area contributed by atoms with Crippen molar-refractivity contribution in [3.63, 3.8) is 0 Å². The van der Waals surface area contributed by atoms with Gasteiger partial charge in [0.2, 0.25) is 0 Å². The molecule has 2 rings (SSSR count). The number of allylic oxidation sites excluding steroid dienone is 2. The number of ether oxygens (including phenoxy) is 2. The molecule has 0 N–H and O–H groups in total. The van der Waals surface area contributed by atoms with Crippen molar-refractivity contribution in [2.45, 2.75) is 77.9 Å². The van der Waals surface area contributed by atoms with Gasteiger partial charge in [0.25, 0.3) is 0 Å². The fourth-order valence-electron chi connectivity index (χ4n) is 3.67. The molecule has 2 aromatic carbocycles. The Morgan fingerprint density at radius 2 is 1.18 bits per heavy atom. The Morgan fingerprint density at radius 3 is 1.61 bits per heavy atom. The van der Waals surface area contributed by atoms with Gasteiger partial charge in [-0.3, -0.25) is 0 Å². The first-order valence-corrected chi connectivity index (χ1v) is 12.5. The first-order valence-electron chi connectivity index (χ1n) is 11.4. The highest BCUT2D eigenvalue weighted by atomic mass is 35.5. The molecule has 2 aromatic rings. The zero-order chi connectivity index (χ0) is 24.8. The Labute approximate surface area is 214 Å². The largest absolute Gasteiger partial charge is 0.489 e. The van der Waals surface area contributed by atoms with Crippen molar-refractivity contribution in [3.8, 4) is 11.5 Å². The highest BCUT2D eigenvalue weighted by molar-refractivity contribution is 6.37. The molecule has 0 aliphatic rings. The van der Waals surface area contributed by atoms with Crippen molar-refractivity contribution in [1.29, 1.82) is 0 Å². The molecule has 180 valence electrons. The summed E-state index contributed by atoms with van der Waals surface area (Å²) >= 11 is 19.9. The summed E-state index contributed by atoms with van der Waals surface area (Å²) < 4.78 is 12.1. The van der Waals surface area contributed by atoms with Gasteiger partial charge in [0.05, 0.1) is 27.3 Å². The second kappa shape index (κ2) is 12.2. The summed E-state index contributed by atoms with van der Waals surface area (Å²) in [6.45, 7) is 17.8. The van der Waals surface area contributed by atoms with Crippen LogP contribution in [0.5, 0.6) is 11.5 Å². The van der Waals surface area contributed by atoms with E-state index in [-0.39, 0.29) is 17.6 Å². The summed E-state index contributed by atoms with van der Waals surface area (Å²) in [6.07, 6.45) is 7.32. The molecule has 0 saturated carbocycles. The van der Waals surface area contributed by atoms with Gasteiger partial charge in [-0.05, 0) is 81.3 Å². The minimum Gasteiger partial charge on any atom is -0.489 e. The highest BCUT2D eigenvalue weighted by Crippen LogP contribution is 2.43. The van der Waals surface area contributed by atoms with E-state index in [0.29, 0.717) is 20.8 Å². The van der Waals surface area contributed by atoms with Crippen molar-refractivity contribution in [1.82, 2.24) is 0 Å². The summed E-state index contributed by atoms with van der Waals surface area (Å²) in [4.78, 5) is 0. The lowest BCUT2D eigenvalue weighted by Gasteiger charge is -2.29. The lowest BCUT2D eigenvalue weighted by molar-refractivity contribution is 0.211. The van der Waals surface area contributed by atoms with Gasteiger partial charge in [0, 0.05) is 5.41 Å². The maximum atomic E-state index is 6.67. The van der Waals surface area contributed by atoms with E-state index in [9.17, 15) is 0 Å². The zero-order valence-electron chi connectivity index (χ0n) is 20.3. The van der Waals surface area contributed by atoms with E-state index in [0.717, 1.165) is 48.1 Å². The predicted octanol–water partition coefficient (Wildman–Crippen LogP) is 9.75. The molecule has 0 heterocycles. The number of hydrogen-bond donors (Lipinski definition) is 0. The molecule has 0 aliphatic carbocycles. The lowest BCUT2D eigenvalue weighted by atomic mass is 9.77. The van der Waals surface area contributed by atoms with Gasteiger partial charge < -0.3 is 9.47 Å². The van der Waals surface area contributed by atoms with E-state index < -0.39 is 0 Å². The molecule has 0 spiro atoms. The molecule has 0 aliphatic heterocycles. The summed E-state index contributed by atoms with van der Waals surface area (Å²) in [5, 5.41) is 1.58. The van der Waals surface area contributed by atoms with Crippen LogP contribution in [0.3, 0.4) is 0 Å². The third-order valence-corrected chi connectivity index (χ3v) is 6.71. The molecule has 0 radical (unpaired) electrons. The highest BCUT2D eigenvalue weighted by Gasteiger charge is 2.28. The monoisotopic (exact) mass is 508 g/mol. The minimum atomic E-state index is -0.387. The Kier molecular flexibility index (Phi) is 10.2. The number of hydrogen-bond acceptors (Lipinski definition) is 2. The minimum absolute atomic E-state index is 0.0141. The van der Waals surface area contributed by atoms with Crippen molar-refractivity contribution in [2.75, 3.05) is 0 Å². The first-order chi connectivity index (χ1) is 15.5. The van der Waals surface area contributed by atoms with Gasteiger partial charge >= 0.3 is 0 Å². The number of benzene rings is 2. The average Bonchev–Trinajstić information content (AvgIpc) is 2.75. The van der Waals surface area contributed by atoms with Crippen LogP contribution < -0.4 is 9.47 Å². The van der Waals surface area contributed by atoms with Gasteiger partial charge in [0.15, 0.2) is 5.75 Å². The van der Waals surface area contributed by atoms with Crippen LogP contribution in [0.1, 0.15) is 70.1 Å². The molecule has 0 bridgehead atoms. The zero-order valence-corrected chi connectivity index (χ0v) is 22.6. The van der Waals surface area contributed by atoms with Crippen LogP contribution in [0.15, 0.2) is 49.6 Å². The quantitative estimate of drug-likeness (QED) is 0.265. The fourth-order valence-corrected chi connectivity index (χ4v) is 4.55. The predicted molar refractivity (Wildman–Crippen MR) is 144 cm³/mol. The maximum Gasteiger partial charge on any atom is 0.156 e. The van der Waals surface area contributed by atoms with Gasteiger partial charge in [-0.15, -0.1) is 13.2 Å². The molecule has 33 heavy (non-hydrogen) atoms. The summed E-state index contributed by atoms with van der Waals surface area (Å²) in [5.41, 5.74) is 2.63. The average molecular weight is 510 g/mol. The molecule has 2 nitrogen and oxygen atoms in total. The Balaban J connectivity index is 2.33. The van der Waals surface area contributed by atoms with Gasteiger partial charge in [-0.1, -0.05) is 66.9 Å². The summed E-state index contributed by atoms with van der Waals surface area (Å²) in [5.74, 6) is 1.24. The molecule has 0 fully saturated rings. The number of aryl methyl sites for hydroxylation is 1. The third-order valence-electron chi connectivity index (χ3n) is 5.86. The van der Waals surface area contributed by atoms with Crippen molar-refractivity contribution in [3.05, 3.63) is 81.3 Å². The normalized spacial score (nSPS) is 13.3. The van der Waals surface area contributed by atoms with Crippen molar-refractivity contribution in [2.24, 2.45) is 0 Å². The molecular weight excluding hydrogens is 475 g/mol. The summed E-state index contributed by atoms with van der Waals surface area (Å²) in [6, 6.07) is 7.93. The first kappa shape index (κ1) is 27.6. The Morgan fingerprint density at radius 1 is 0.788 bits per heavy atom. The number of rotatable bonds is 12.